The number of nitrogens with zero attached hydrogens (tertiary/aromatic N) is 2. The summed E-state index contributed by atoms with van der Waals surface area (Å²) < 4.78 is 5.26. The summed E-state index contributed by atoms with van der Waals surface area (Å²) in [6.07, 6.45) is 3.31. The van der Waals surface area contributed by atoms with Gasteiger partial charge in [0.05, 0.1) is 6.61 Å². The lowest BCUT2D eigenvalue weighted by atomic mass is 9.81. The Morgan fingerprint density at radius 3 is 2.67 bits per heavy atom. The molecule has 1 aliphatic carbocycles. The molecule has 0 saturated heterocycles. The number of fused-ring (bicyclic) bond motifs is 1. The molecule has 1 heterocycles. The topological polar surface area (TPSA) is 73.6 Å². The summed E-state index contributed by atoms with van der Waals surface area (Å²) >= 11 is 0. The van der Waals surface area contributed by atoms with Gasteiger partial charge in [-0.05, 0) is 28.3 Å². The van der Waals surface area contributed by atoms with E-state index < -0.39 is 6.10 Å². The van der Waals surface area contributed by atoms with Gasteiger partial charge in [0.1, 0.15) is 17.9 Å². The Hall–Kier alpha value is -2.68. The molecule has 1 unspecified atom stereocenters. The second-order valence-electron chi connectivity index (χ2n) is 5.84. The third kappa shape index (κ3) is 2.67. The Labute approximate surface area is 140 Å². The van der Waals surface area contributed by atoms with E-state index in [-0.39, 0.29) is 18.8 Å². The average Bonchev–Trinajstić information content (AvgIpc) is 2.60. The van der Waals surface area contributed by atoms with E-state index in [0.717, 1.165) is 27.8 Å². The van der Waals surface area contributed by atoms with E-state index in [1.807, 2.05) is 30.5 Å². The Balaban J connectivity index is 2.18. The maximum absolute atomic E-state index is 12.1. The van der Waals surface area contributed by atoms with Crippen molar-refractivity contribution in [1.29, 1.82) is 5.26 Å². The first-order valence-electron chi connectivity index (χ1n) is 7.65. The van der Waals surface area contributed by atoms with Crippen LogP contribution >= 0.6 is 0 Å². The molecule has 1 atom stereocenters. The normalized spacial score (nSPS) is 20.3. The summed E-state index contributed by atoms with van der Waals surface area (Å²) in [5, 5.41) is 18.8. The first-order chi connectivity index (χ1) is 11.6. The highest BCUT2D eigenvalue weighted by molar-refractivity contribution is 5.98. The van der Waals surface area contributed by atoms with E-state index in [1.54, 1.807) is 18.0 Å². The number of hydrogen-bond donors (Lipinski definition) is 1. The minimum atomic E-state index is -0.591. The number of hydrogen-bond acceptors (Lipinski definition) is 5. The molecule has 1 aromatic rings. The molecule has 2 aliphatic rings. The zero-order valence-corrected chi connectivity index (χ0v) is 13.6. The van der Waals surface area contributed by atoms with Crippen LogP contribution in [0.2, 0.25) is 0 Å². The van der Waals surface area contributed by atoms with E-state index in [0.29, 0.717) is 5.70 Å². The van der Waals surface area contributed by atoms with Crippen molar-refractivity contribution < 1.29 is 14.6 Å². The highest BCUT2D eigenvalue weighted by atomic mass is 16.5. The van der Waals surface area contributed by atoms with Gasteiger partial charge in [-0.1, -0.05) is 24.3 Å². The molecule has 0 radical (unpaired) electrons. The number of nitriles is 1. The quantitative estimate of drug-likeness (QED) is 0.923. The van der Waals surface area contributed by atoms with Gasteiger partial charge >= 0.3 is 0 Å². The van der Waals surface area contributed by atoms with Crippen molar-refractivity contribution in [2.75, 3.05) is 14.2 Å². The summed E-state index contributed by atoms with van der Waals surface area (Å²) in [6.45, 7) is -0.0293. The van der Waals surface area contributed by atoms with Crippen molar-refractivity contribution in [2.24, 2.45) is 0 Å². The number of aliphatic hydroxyl groups is 1. The predicted octanol–water partition coefficient (Wildman–Crippen LogP) is 2.16. The lowest BCUT2D eigenvalue weighted by molar-refractivity contribution is -0.125. The summed E-state index contributed by atoms with van der Waals surface area (Å²) in [5.41, 5.74) is 4.74. The fraction of sp³-hybridized carbons (Fsp3) is 0.263. The maximum Gasteiger partial charge on any atom is 0.169 e. The fourth-order valence-corrected chi connectivity index (χ4v) is 3.10. The summed E-state index contributed by atoms with van der Waals surface area (Å²) in [5.74, 6) is 0.0105. The van der Waals surface area contributed by atoms with Crippen LogP contribution in [0.25, 0.3) is 5.57 Å². The largest absolute Gasteiger partial charge is 0.392 e. The third-order valence-electron chi connectivity index (χ3n) is 4.34. The zero-order chi connectivity index (χ0) is 17.3. The molecule has 1 aliphatic heterocycles. The summed E-state index contributed by atoms with van der Waals surface area (Å²) in [6, 6.07) is 9.68. The van der Waals surface area contributed by atoms with Crippen LogP contribution < -0.4 is 0 Å². The van der Waals surface area contributed by atoms with Gasteiger partial charge in [0.15, 0.2) is 5.78 Å². The molecule has 1 N–H and O–H groups in total. The molecule has 5 heteroatoms. The Bertz CT molecular complexity index is 810. The molecule has 3 rings (SSSR count). The molecule has 5 nitrogen and oxygen atoms in total. The smallest absolute Gasteiger partial charge is 0.169 e. The van der Waals surface area contributed by atoms with Crippen molar-refractivity contribution in [2.45, 2.75) is 19.1 Å². The van der Waals surface area contributed by atoms with Crippen LogP contribution in [0.3, 0.4) is 0 Å². The van der Waals surface area contributed by atoms with Crippen molar-refractivity contribution in [3.63, 3.8) is 0 Å². The zero-order valence-electron chi connectivity index (χ0n) is 13.6. The Morgan fingerprint density at radius 1 is 1.38 bits per heavy atom. The maximum atomic E-state index is 12.1. The highest BCUT2D eigenvalue weighted by Crippen LogP contribution is 2.40. The van der Waals surface area contributed by atoms with Gasteiger partial charge in [0, 0.05) is 32.4 Å². The number of benzene rings is 1. The lowest BCUT2D eigenvalue weighted by Gasteiger charge is -2.31. The monoisotopic (exact) mass is 322 g/mol. The summed E-state index contributed by atoms with van der Waals surface area (Å²) in [4.78, 5) is 13.9. The summed E-state index contributed by atoms with van der Waals surface area (Å²) in [7, 11) is 3.31. The second kappa shape index (κ2) is 6.44. The van der Waals surface area contributed by atoms with Crippen molar-refractivity contribution in [3.05, 3.63) is 64.5 Å². The van der Waals surface area contributed by atoms with Crippen LogP contribution in [0, 0.1) is 11.3 Å². The number of aliphatic hydroxyl groups excluding tert-OH is 1. The van der Waals surface area contributed by atoms with Gasteiger partial charge in [0.2, 0.25) is 0 Å². The van der Waals surface area contributed by atoms with Gasteiger partial charge in [-0.25, -0.2) is 0 Å². The standard InChI is InChI=1S/C19H18N2O3/c1-21-10-14-7-17(23)18(24-2)8-15(14)19(16(21)9-20)13-5-3-12(11-22)4-6-13/h3-6,8,10,18,22H,7,11H2,1-2H3. The first-order valence-corrected chi connectivity index (χ1v) is 7.65. The van der Waals surface area contributed by atoms with Gasteiger partial charge in [0.25, 0.3) is 0 Å². The van der Waals surface area contributed by atoms with Crippen molar-refractivity contribution in [3.8, 4) is 6.07 Å². The number of ether oxygens (including phenoxy) is 1. The average molecular weight is 322 g/mol. The van der Waals surface area contributed by atoms with E-state index >= 15 is 0 Å². The molecule has 0 bridgehead atoms. The number of rotatable bonds is 3. The van der Waals surface area contributed by atoms with E-state index in [1.165, 1.54) is 7.11 Å². The molecule has 0 spiro atoms. The van der Waals surface area contributed by atoms with Crippen LogP contribution in [0.15, 0.2) is 53.4 Å². The predicted molar refractivity (Wildman–Crippen MR) is 89.2 cm³/mol. The van der Waals surface area contributed by atoms with Crippen LogP contribution in [0.4, 0.5) is 0 Å². The van der Waals surface area contributed by atoms with Gasteiger partial charge in [-0.15, -0.1) is 0 Å². The molecule has 0 aromatic heterocycles. The van der Waals surface area contributed by atoms with Crippen LogP contribution in [-0.2, 0) is 16.1 Å². The minimum Gasteiger partial charge on any atom is -0.392 e. The van der Waals surface area contributed by atoms with Gasteiger partial charge in [-0.3, -0.25) is 4.79 Å². The molecule has 0 fully saturated rings. The van der Waals surface area contributed by atoms with E-state index in [2.05, 4.69) is 6.07 Å². The fourth-order valence-electron chi connectivity index (χ4n) is 3.10. The molecule has 122 valence electrons. The van der Waals surface area contributed by atoms with Crippen LogP contribution in [0.1, 0.15) is 17.5 Å². The molecular weight excluding hydrogens is 304 g/mol. The van der Waals surface area contributed by atoms with Crippen LogP contribution in [0.5, 0.6) is 0 Å². The molecule has 24 heavy (non-hydrogen) atoms. The number of carbonyl (C=O) groups excluding carboxylic acids is 1. The minimum absolute atomic E-state index is 0.0105. The molecule has 1 aromatic carbocycles. The van der Waals surface area contributed by atoms with Crippen molar-refractivity contribution in [1.82, 2.24) is 4.90 Å². The first kappa shape index (κ1) is 16.2. The van der Waals surface area contributed by atoms with Crippen LogP contribution in [-0.4, -0.2) is 36.1 Å². The SMILES string of the molecule is COC1C=C2C(=CN(C)C(C#N)=C2c2ccc(CO)cc2)CC1=O. The molecular formula is C19H18N2O3. The number of ketones is 1. The van der Waals surface area contributed by atoms with E-state index in [9.17, 15) is 15.2 Å². The van der Waals surface area contributed by atoms with Crippen molar-refractivity contribution >= 4 is 11.4 Å². The number of carbonyl (C=O) groups is 1. The number of Topliss-reactive ketones (excluding diaryl/α,β-unsaturated/α-hetero) is 1. The second-order valence-corrected chi connectivity index (χ2v) is 5.84. The Morgan fingerprint density at radius 2 is 2.08 bits per heavy atom. The molecule has 0 amide bonds. The van der Waals surface area contributed by atoms with E-state index in [4.69, 9.17) is 4.74 Å². The lowest BCUT2D eigenvalue weighted by Crippen LogP contribution is -2.29. The third-order valence-corrected chi connectivity index (χ3v) is 4.34. The Kier molecular flexibility index (Phi) is 4.34. The number of methoxy groups -OCH3 is 1. The van der Waals surface area contributed by atoms with Gasteiger partial charge < -0.3 is 14.7 Å². The van der Waals surface area contributed by atoms with Gasteiger partial charge in [-0.2, -0.15) is 5.26 Å². The molecule has 0 saturated carbocycles. The highest BCUT2D eigenvalue weighted by Gasteiger charge is 2.32. The number of allylic oxidation sites excluding steroid dienone is 4.